The first-order valence-electron chi connectivity index (χ1n) is 9.55. The van der Waals surface area contributed by atoms with E-state index in [1.54, 1.807) is 0 Å². The molecule has 1 heterocycles. The smallest absolute Gasteiger partial charge is 0.191 e. The average molecular weight is 322 g/mol. The second kappa shape index (κ2) is 6.62. The maximum absolute atomic E-state index is 5.90. The molecule has 2 saturated carbocycles. The van der Waals surface area contributed by atoms with Crippen LogP contribution in [0.4, 0.5) is 0 Å². The van der Waals surface area contributed by atoms with Gasteiger partial charge in [-0.3, -0.25) is 4.99 Å². The third-order valence-electron chi connectivity index (χ3n) is 6.67. The zero-order valence-corrected chi connectivity index (χ0v) is 15.6. The van der Waals surface area contributed by atoms with E-state index in [9.17, 15) is 0 Å². The molecule has 2 N–H and O–H groups in total. The van der Waals surface area contributed by atoms with Crippen molar-refractivity contribution in [3.8, 4) is 0 Å². The van der Waals surface area contributed by atoms with E-state index in [2.05, 4.69) is 43.3 Å². The standard InChI is InChI=1S/C19H35N3O/c1-12(2)13-6-8-14(9-7-13)21-18(20-5)22-16-15-10-11-23-17(15)19(16,3)4/h12-17H,6-11H2,1-5H3,(H2,20,21,22). The van der Waals surface area contributed by atoms with Gasteiger partial charge in [-0.2, -0.15) is 0 Å². The molecule has 3 fully saturated rings. The van der Waals surface area contributed by atoms with Crippen LogP contribution >= 0.6 is 0 Å². The van der Waals surface area contributed by atoms with Gasteiger partial charge in [-0.1, -0.05) is 27.7 Å². The molecule has 0 amide bonds. The second-order valence-electron chi connectivity index (χ2n) is 8.76. The van der Waals surface area contributed by atoms with E-state index >= 15 is 0 Å². The molecule has 1 saturated heterocycles. The van der Waals surface area contributed by atoms with Crippen LogP contribution in [0.1, 0.15) is 59.8 Å². The van der Waals surface area contributed by atoms with Crippen LogP contribution < -0.4 is 10.6 Å². The molecule has 4 nitrogen and oxygen atoms in total. The zero-order chi connectivity index (χ0) is 16.6. The molecule has 4 heteroatoms. The lowest BCUT2D eigenvalue weighted by Gasteiger charge is -2.55. The number of fused-ring (bicyclic) bond motifs is 1. The minimum Gasteiger partial charge on any atom is -0.377 e. The van der Waals surface area contributed by atoms with E-state index in [1.807, 2.05) is 7.05 Å². The molecular weight excluding hydrogens is 286 g/mol. The summed E-state index contributed by atoms with van der Waals surface area (Å²) in [5, 5.41) is 7.38. The lowest BCUT2D eigenvalue weighted by atomic mass is 9.57. The van der Waals surface area contributed by atoms with Crippen molar-refractivity contribution < 1.29 is 4.74 Å². The highest BCUT2D eigenvalue weighted by Gasteiger charge is 2.59. The van der Waals surface area contributed by atoms with Crippen molar-refractivity contribution in [3.63, 3.8) is 0 Å². The summed E-state index contributed by atoms with van der Waals surface area (Å²) in [7, 11) is 1.89. The van der Waals surface area contributed by atoms with Crippen molar-refractivity contribution >= 4 is 5.96 Å². The van der Waals surface area contributed by atoms with E-state index in [0.29, 0.717) is 24.1 Å². The van der Waals surface area contributed by atoms with E-state index in [0.717, 1.165) is 24.4 Å². The Labute approximate surface area is 141 Å². The molecule has 1 aliphatic heterocycles. The van der Waals surface area contributed by atoms with Crippen LogP contribution in [0.25, 0.3) is 0 Å². The van der Waals surface area contributed by atoms with E-state index < -0.39 is 0 Å². The fourth-order valence-corrected chi connectivity index (χ4v) is 5.06. The summed E-state index contributed by atoms with van der Waals surface area (Å²) in [5.74, 6) is 3.37. The summed E-state index contributed by atoms with van der Waals surface area (Å²) in [6.45, 7) is 10.3. The maximum Gasteiger partial charge on any atom is 0.191 e. The van der Waals surface area contributed by atoms with Gasteiger partial charge in [0.15, 0.2) is 5.96 Å². The predicted octanol–water partition coefficient (Wildman–Crippen LogP) is 3.18. The lowest BCUT2D eigenvalue weighted by Crippen LogP contribution is -2.68. The topological polar surface area (TPSA) is 45.7 Å². The Hall–Kier alpha value is -0.770. The highest BCUT2D eigenvalue weighted by molar-refractivity contribution is 5.80. The summed E-state index contributed by atoms with van der Waals surface area (Å²) in [6.07, 6.45) is 6.85. The predicted molar refractivity (Wildman–Crippen MR) is 95.6 cm³/mol. The number of nitrogens with zero attached hydrogens (tertiary/aromatic N) is 1. The molecule has 0 radical (unpaired) electrons. The third kappa shape index (κ3) is 3.24. The van der Waals surface area contributed by atoms with Gasteiger partial charge in [-0.15, -0.1) is 0 Å². The van der Waals surface area contributed by atoms with Gasteiger partial charge in [0.2, 0.25) is 0 Å². The summed E-state index contributed by atoms with van der Waals surface area (Å²) >= 11 is 0. The van der Waals surface area contributed by atoms with Gasteiger partial charge in [-0.25, -0.2) is 0 Å². The minimum absolute atomic E-state index is 0.202. The van der Waals surface area contributed by atoms with Gasteiger partial charge in [-0.05, 0) is 43.9 Å². The van der Waals surface area contributed by atoms with Crippen molar-refractivity contribution in [2.75, 3.05) is 13.7 Å². The van der Waals surface area contributed by atoms with Crippen molar-refractivity contribution in [1.82, 2.24) is 10.6 Å². The molecule has 23 heavy (non-hydrogen) atoms. The summed E-state index contributed by atoms with van der Waals surface area (Å²) in [5.41, 5.74) is 0.202. The normalized spacial score (nSPS) is 39.7. The first-order valence-corrected chi connectivity index (χ1v) is 9.55. The van der Waals surface area contributed by atoms with Crippen molar-refractivity contribution in [2.24, 2.45) is 28.2 Å². The third-order valence-corrected chi connectivity index (χ3v) is 6.67. The lowest BCUT2D eigenvalue weighted by molar-refractivity contribution is -0.106. The van der Waals surface area contributed by atoms with Crippen molar-refractivity contribution in [3.05, 3.63) is 0 Å². The van der Waals surface area contributed by atoms with Gasteiger partial charge in [0.1, 0.15) is 0 Å². The highest BCUT2D eigenvalue weighted by atomic mass is 16.5. The number of ether oxygens (including phenoxy) is 1. The quantitative estimate of drug-likeness (QED) is 0.620. The van der Waals surface area contributed by atoms with Crippen LogP contribution in [-0.4, -0.2) is 37.8 Å². The molecular formula is C19H35N3O. The highest BCUT2D eigenvalue weighted by Crippen LogP contribution is 2.52. The fraction of sp³-hybridized carbons (Fsp3) is 0.947. The Kier molecular flexibility index (Phi) is 4.91. The molecule has 0 aromatic rings. The monoisotopic (exact) mass is 321 g/mol. The van der Waals surface area contributed by atoms with Crippen LogP contribution in [0, 0.1) is 23.2 Å². The number of aliphatic imine (C=N–C) groups is 1. The van der Waals surface area contributed by atoms with E-state index in [4.69, 9.17) is 4.74 Å². The molecule has 3 aliphatic rings. The SMILES string of the molecule is CN=C(NC1CCC(C(C)C)CC1)NC1C2CCOC2C1(C)C. The van der Waals surface area contributed by atoms with E-state index in [-0.39, 0.29) is 5.41 Å². The first-order chi connectivity index (χ1) is 10.9. The number of nitrogens with one attached hydrogen (secondary N) is 2. The summed E-state index contributed by atoms with van der Waals surface area (Å²) < 4.78 is 5.90. The maximum atomic E-state index is 5.90. The molecule has 2 aliphatic carbocycles. The Morgan fingerprint density at radius 3 is 2.39 bits per heavy atom. The molecule has 0 aromatic carbocycles. The Balaban J connectivity index is 1.52. The molecule has 0 spiro atoms. The Morgan fingerprint density at radius 2 is 1.78 bits per heavy atom. The molecule has 3 unspecified atom stereocenters. The van der Waals surface area contributed by atoms with Gasteiger partial charge >= 0.3 is 0 Å². The van der Waals surface area contributed by atoms with Crippen LogP contribution in [0.15, 0.2) is 4.99 Å². The average Bonchev–Trinajstić information content (AvgIpc) is 2.98. The van der Waals surface area contributed by atoms with Gasteiger partial charge in [0.05, 0.1) is 6.10 Å². The molecule has 3 rings (SSSR count). The van der Waals surface area contributed by atoms with Gasteiger partial charge < -0.3 is 15.4 Å². The molecule has 0 aromatic heterocycles. The van der Waals surface area contributed by atoms with Gasteiger partial charge in [0.25, 0.3) is 0 Å². The molecule has 3 atom stereocenters. The Morgan fingerprint density at radius 1 is 1.09 bits per heavy atom. The summed E-state index contributed by atoms with van der Waals surface area (Å²) in [6, 6.07) is 1.06. The Bertz CT molecular complexity index is 438. The van der Waals surface area contributed by atoms with Crippen LogP contribution in [0.2, 0.25) is 0 Å². The first kappa shape index (κ1) is 17.1. The van der Waals surface area contributed by atoms with E-state index in [1.165, 1.54) is 32.1 Å². The van der Waals surface area contributed by atoms with Crippen molar-refractivity contribution in [1.29, 1.82) is 0 Å². The number of hydrogen-bond acceptors (Lipinski definition) is 2. The van der Waals surface area contributed by atoms with Crippen molar-refractivity contribution in [2.45, 2.75) is 78.0 Å². The zero-order valence-electron chi connectivity index (χ0n) is 15.6. The molecule has 132 valence electrons. The summed E-state index contributed by atoms with van der Waals surface area (Å²) in [4.78, 5) is 4.49. The van der Waals surface area contributed by atoms with Crippen LogP contribution in [-0.2, 0) is 4.74 Å². The fourth-order valence-electron chi connectivity index (χ4n) is 5.06. The number of rotatable bonds is 3. The second-order valence-corrected chi connectivity index (χ2v) is 8.76. The molecule has 0 bridgehead atoms. The number of guanidine groups is 1. The van der Waals surface area contributed by atoms with Crippen LogP contribution in [0.5, 0.6) is 0 Å². The number of hydrogen-bond donors (Lipinski definition) is 2. The minimum atomic E-state index is 0.202. The van der Waals surface area contributed by atoms with Crippen LogP contribution in [0.3, 0.4) is 0 Å². The van der Waals surface area contributed by atoms with Gasteiger partial charge in [0, 0.05) is 37.1 Å². The largest absolute Gasteiger partial charge is 0.377 e.